The fourth-order valence-corrected chi connectivity index (χ4v) is 3.41. The summed E-state index contributed by atoms with van der Waals surface area (Å²) in [6.45, 7) is 0.641. The van der Waals surface area contributed by atoms with Gasteiger partial charge in [-0.1, -0.05) is 51.8 Å². The van der Waals surface area contributed by atoms with Gasteiger partial charge in [0, 0.05) is 21.5 Å². The zero-order valence-electron chi connectivity index (χ0n) is 10.9. The first-order valence-electron chi connectivity index (χ1n) is 6.54. The second kappa shape index (κ2) is 5.40. The molecular weight excluding hydrogens is 338 g/mol. The maximum atomic E-state index is 6.66. The van der Waals surface area contributed by atoms with Gasteiger partial charge in [-0.05, 0) is 30.2 Å². The summed E-state index contributed by atoms with van der Waals surface area (Å²) in [6, 6.07) is 13.9. The van der Waals surface area contributed by atoms with Crippen molar-refractivity contribution in [2.24, 2.45) is 5.73 Å². The van der Waals surface area contributed by atoms with Crippen molar-refractivity contribution < 1.29 is 4.74 Å². The van der Waals surface area contributed by atoms with Crippen LogP contribution in [0.5, 0.6) is 5.75 Å². The zero-order valence-corrected chi connectivity index (χ0v) is 13.2. The molecule has 2 aromatic rings. The van der Waals surface area contributed by atoms with Gasteiger partial charge in [0.05, 0.1) is 12.1 Å². The number of ether oxygens (including phenoxy) is 1. The molecule has 0 aromatic heterocycles. The molecule has 0 bridgehead atoms. The van der Waals surface area contributed by atoms with Gasteiger partial charge in [-0.2, -0.15) is 0 Å². The van der Waals surface area contributed by atoms with E-state index in [1.807, 2.05) is 42.5 Å². The molecular formula is C16H15BrClNO. The molecule has 1 atom stereocenters. The highest BCUT2D eigenvalue weighted by atomic mass is 79.9. The second-order valence-corrected chi connectivity index (χ2v) is 6.49. The van der Waals surface area contributed by atoms with Crippen LogP contribution < -0.4 is 10.5 Å². The van der Waals surface area contributed by atoms with E-state index in [4.69, 9.17) is 22.1 Å². The number of rotatable bonds is 2. The topological polar surface area (TPSA) is 35.2 Å². The molecule has 2 nitrogen and oxygen atoms in total. The van der Waals surface area contributed by atoms with E-state index in [1.165, 1.54) is 0 Å². The highest BCUT2D eigenvalue weighted by Gasteiger charge is 2.34. The molecule has 0 saturated carbocycles. The van der Waals surface area contributed by atoms with E-state index in [1.54, 1.807) is 0 Å². The van der Waals surface area contributed by atoms with E-state index in [0.717, 1.165) is 32.8 Å². The summed E-state index contributed by atoms with van der Waals surface area (Å²) in [6.07, 6.45) is 1.50. The van der Waals surface area contributed by atoms with Crippen molar-refractivity contribution in [1.29, 1.82) is 0 Å². The third-order valence-electron chi connectivity index (χ3n) is 3.75. The summed E-state index contributed by atoms with van der Waals surface area (Å²) in [5.74, 6) is 0.884. The van der Waals surface area contributed by atoms with E-state index in [2.05, 4.69) is 15.9 Å². The Balaban J connectivity index is 1.98. The van der Waals surface area contributed by atoms with E-state index in [0.29, 0.717) is 13.0 Å². The number of halogens is 2. The Morgan fingerprint density at radius 3 is 2.85 bits per heavy atom. The van der Waals surface area contributed by atoms with Gasteiger partial charge in [0.2, 0.25) is 0 Å². The van der Waals surface area contributed by atoms with E-state index >= 15 is 0 Å². The molecule has 0 fully saturated rings. The first-order valence-corrected chi connectivity index (χ1v) is 7.71. The van der Waals surface area contributed by atoms with Gasteiger partial charge in [0.1, 0.15) is 5.75 Å². The van der Waals surface area contributed by atoms with Crippen LogP contribution in [0.25, 0.3) is 0 Å². The van der Waals surface area contributed by atoms with Gasteiger partial charge in [-0.3, -0.25) is 0 Å². The molecule has 1 aliphatic rings. The summed E-state index contributed by atoms with van der Waals surface area (Å²) >= 11 is 9.75. The number of para-hydroxylation sites is 1. The minimum Gasteiger partial charge on any atom is -0.493 e. The molecule has 1 unspecified atom stereocenters. The van der Waals surface area contributed by atoms with Crippen molar-refractivity contribution in [2.75, 3.05) is 6.61 Å². The second-order valence-electron chi connectivity index (χ2n) is 5.16. The van der Waals surface area contributed by atoms with E-state index in [9.17, 15) is 0 Å². The minimum atomic E-state index is -0.424. The van der Waals surface area contributed by atoms with E-state index in [-0.39, 0.29) is 0 Å². The number of nitrogens with two attached hydrogens (primary N) is 1. The Kier molecular flexibility index (Phi) is 3.76. The fraction of sp³-hybridized carbons (Fsp3) is 0.250. The van der Waals surface area contributed by atoms with Crippen molar-refractivity contribution in [1.82, 2.24) is 0 Å². The lowest BCUT2D eigenvalue weighted by molar-refractivity contribution is 0.215. The first-order chi connectivity index (χ1) is 9.58. The van der Waals surface area contributed by atoms with Crippen LogP contribution >= 0.6 is 27.5 Å². The Morgan fingerprint density at radius 2 is 2.05 bits per heavy atom. The molecule has 2 aromatic carbocycles. The molecule has 0 amide bonds. The molecule has 20 heavy (non-hydrogen) atoms. The highest BCUT2D eigenvalue weighted by Crippen LogP contribution is 2.38. The average Bonchev–Trinajstić information content (AvgIpc) is 2.43. The normalized spacial score (nSPS) is 21.1. The lowest BCUT2D eigenvalue weighted by Gasteiger charge is -2.36. The van der Waals surface area contributed by atoms with Gasteiger partial charge >= 0.3 is 0 Å². The SMILES string of the molecule is NC1(Cc2ccc(Br)cc2Cl)CCOc2ccccc21. The molecule has 4 heteroatoms. The monoisotopic (exact) mass is 351 g/mol. The fourth-order valence-electron chi connectivity index (χ4n) is 2.67. The molecule has 0 saturated heterocycles. The predicted molar refractivity (Wildman–Crippen MR) is 85.3 cm³/mol. The Bertz CT molecular complexity index is 646. The van der Waals surface area contributed by atoms with Gasteiger partial charge in [-0.15, -0.1) is 0 Å². The van der Waals surface area contributed by atoms with Crippen LogP contribution in [0, 0.1) is 0 Å². The van der Waals surface area contributed by atoms with E-state index < -0.39 is 5.54 Å². The van der Waals surface area contributed by atoms with Gasteiger partial charge in [0.25, 0.3) is 0 Å². The number of fused-ring (bicyclic) bond motifs is 1. The van der Waals surface area contributed by atoms with Crippen molar-refractivity contribution in [2.45, 2.75) is 18.4 Å². The van der Waals surface area contributed by atoms with Crippen LogP contribution in [0.15, 0.2) is 46.9 Å². The first kappa shape index (κ1) is 13.9. The Labute approximate surface area is 132 Å². The quantitative estimate of drug-likeness (QED) is 0.875. The van der Waals surface area contributed by atoms with Crippen LogP contribution in [0.4, 0.5) is 0 Å². The van der Waals surface area contributed by atoms with Crippen LogP contribution in [-0.4, -0.2) is 6.61 Å². The van der Waals surface area contributed by atoms with Crippen LogP contribution in [-0.2, 0) is 12.0 Å². The van der Waals surface area contributed by atoms with Crippen LogP contribution in [0.2, 0.25) is 5.02 Å². The maximum absolute atomic E-state index is 6.66. The van der Waals surface area contributed by atoms with Gasteiger partial charge in [0.15, 0.2) is 0 Å². The van der Waals surface area contributed by atoms with Crippen molar-refractivity contribution in [3.63, 3.8) is 0 Å². The van der Waals surface area contributed by atoms with Crippen LogP contribution in [0.1, 0.15) is 17.5 Å². The van der Waals surface area contributed by atoms with Gasteiger partial charge < -0.3 is 10.5 Å². The number of benzene rings is 2. The summed E-state index contributed by atoms with van der Waals surface area (Å²) in [4.78, 5) is 0. The summed E-state index contributed by atoms with van der Waals surface area (Å²) in [7, 11) is 0. The lowest BCUT2D eigenvalue weighted by Crippen LogP contribution is -2.43. The third-order valence-corrected chi connectivity index (χ3v) is 4.60. The molecule has 0 radical (unpaired) electrons. The van der Waals surface area contributed by atoms with Crippen molar-refractivity contribution in [3.8, 4) is 5.75 Å². The molecule has 104 valence electrons. The third kappa shape index (κ3) is 2.58. The molecule has 1 aliphatic heterocycles. The molecule has 2 N–H and O–H groups in total. The highest BCUT2D eigenvalue weighted by molar-refractivity contribution is 9.10. The smallest absolute Gasteiger partial charge is 0.124 e. The summed E-state index contributed by atoms with van der Waals surface area (Å²) in [5.41, 5.74) is 8.36. The zero-order chi connectivity index (χ0) is 14.2. The largest absolute Gasteiger partial charge is 0.493 e. The lowest BCUT2D eigenvalue weighted by atomic mass is 9.80. The summed E-state index contributed by atoms with van der Waals surface area (Å²) < 4.78 is 6.66. The number of hydrogen-bond acceptors (Lipinski definition) is 2. The number of hydrogen-bond donors (Lipinski definition) is 1. The summed E-state index contributed by atoms with van der Waals surface area (Å²) in [5, 5.41) is 0.744. The maximum Gasteiger partial charge on any atom is 0.124 e. The molecule has 0 spiro atoms. The molecule has 3 rings (SSSR count). The molecule has 0 aliphatic carbocycles. The molecule has 1 heterocycles. The van der Waals surface area contributed by atoms with Crippen molar-refractivity contribution >= 4 is 27.5 Å². The van der Waals surface area contributed by atoms with Gasteiger partial charge in [-0.25, -0.2) is 0 Å². The van der Waals surface area contributed by atoms with Crippen LogP contribution in [0.3, 0.4) is 0 Å². The predicted octanol–water partition coefficient (Wildman–Crippen LogP) is 4.28. The Hall–Kier alpha value is -1.03. The Morgan fingerprint density at radius 1 is 1.25 bits per heavy atom. The average molecular weight is 353 g/mol. The minimum absolute atomic E-state index is 0.424. The van der Waals surface area contributed by atoms with Crippen molar-refractivity contribution in [3.05, 3.63) is 63.1 Å². The standard InChI is InChI=1S/C16H15BrClNO/c17-12-6-5-11(14(18)9-12)10-16(19)7-8-20-15-4-2-1-3-13(15)16/h1-6,9H,7-8,10,19H2.